The van der Waals surface area contributed by atoms with E-state index >= 15 is 0 Å². The van der Waals surface area contributed by atoms with Gasteiger partial charge in [0.15, 0.2) is 0 Å². The molecule has 6 nitrogen and oxygen atoms in total. The first-order valence-electron chi connectivity index (χ1n) is 8.15. The molecule has 1 aromatic rings. The van der Waals surface area contributed by atoms with Gasteiger partial charge in [0.1, 0.15) is 0 Å². The Morgan fingerprint density at radius 3 is 2.65 bits per heavy atom. The minimum atomic E-state index is -4.51. The van der Waals surface area contributed by atoms with Gasteiger partial charge in [-0.1, -0.05) is 6.07 Å². The molecule has 26 heavy (non-hydrogen) atoms. The fourth-order valence-corrected chi connectivity index (χ4v) is 4.03. The lowest BCUT2D eigenvalue weighted by Crippen LogP contribution is -2.47. The Morgan fingerprint density at radius 2 is 2.04 bits per heavy atom. The molecule has 0 aromatic heterocycles. The normalized spacial score (nSPS) is 19.5. The van der Waals surface area contributed by atoms with Gasteiger partial charge in [0.25, 0.3) is 16.1 Å². The molecule has 1 fully saturated rings. The summed E-state index contributed by atoms with van der Waals surface area (Å²) in [6.45, 7) is 0.885. The van der Waals surface area contributed by atoms with E-state index in [1.807, 2.05) is 0 Å². The lowest BCUT2D eigenvalue weighted by molar-refractivity contribution is -0.137. The molecule has 0 unspecified atom stereocenters. The van der Waals surface area contributed by atoms with Gasteiger partial charge in [-0.3, -0.25) is 4.79 Å². The zero-order chi connectivity index (χ0) is 19.5. The van der Waals surface area contributed by atoms with Crippen molar-refractivity contribution >= 4 is 16.1 Å². The number of piperidine rings is 1. The Balaban J connectivity index is 1.97. The Labute approximate surface area is 151 Å². The van der Waals surface area contributed by atoms with Gasteiger partial charge in [-0.15, -0.1) is 0 Å². The van der Waals surface area contributed by atoms with Crippen LogP contribution in [0.1, 0.15) is 28.8 Å². The van der Waals surface area contributed by atoms with Crippen LogP contribution in [0.4, 0.5) is 13.2 Å². The third kappa shape index (κ3) is 4.95. The van der Waals surface area contributed by atoms with Gasteiger partial charge < -0.3 is 5.32 Å². The molecular weight excluding hydrogens is 371 g/mol. The number of nitrogens with one attached hydrogen (secondary N) is 1. The van der Waals surface area contributed by atoms with Gasteiger partial charge in [-0.2, -0.15) is 30.2 Å². The summed E-state index contributed by atoms with van der Waals surface area (Å²) in [7, 11) is -0.611. The Kier molecular flexibility index (Phi) is 6.30. The molecule has 1 aliphatic rings. The van der Waals surface area contributed by atoms with E-state index in [-0.39, 0.29) is 24.6 Å². The number of benzene rings is 1. The maximum Gasteiger partial charge on any atom is 0.416 e. The minimum Gasteiger partial charge on any atom is -0.352 e. The Hall–Kier alpha value is -1.65. The van der Waals surface area contributed by atoms with Gasteiger partial charge >= 0.3 is 6.18 Å². The van der Waals surface area contributed by atoms with Crippen LogP contribution in [0.2, 0.25) is 0 Å². The highest BCUT2D eigenvalue weighted by Gasteiger charge is 2.32. The Morgan fingerprint density at radius 1 is 1.35 bits per heavy atom. The smallest absolute Gasteiger partial charge is 0.352 e. The third-order valence-corrected chi connectivity index (χ3v) is 6.18. The highest BCUT2D eigenvalue weighted by Crippen LogP contribution is 2.29. The van der Waals surface area contributed by atoms with Crippen LogP contribution in [0.5, 0.6) is 0 Å². The van der Waals surface area contributed by atoms with Crippen LogP contribution < -0.4 is 5.32 Å². The standard InChI is InChI=1S/C16H22F3N3O3S/c1-21(2)26(24,25)22-8-4-5-12(11-22)10-20-15(23)13-6-3-7-14(9-13)16(17,18)19/h3,6-7,9,12H,4-5,8,10-11H2,1-2H3,(H,20,23)/t12-/m1/s1. The van der Waals surface area contributed by atoms with E-state index in [1.165, 1.54) is 30.5 Å². The van der Waals surface area contributed by atoms with E-state index < -0.39 is 27.9 Å². The van der Waals surface area contributed by atoms with Crippen molar-refractivity contribution in [3.63, 3.8) is 0 Å². The average Bonchev–Trinajstić information content (AvgIpc) is 2.59. The van der Waals surface area contributed by atoms with Crippen molar-refractivity contribution in [2.24, 2.45) is 5.92 Å². The third-order valence-electron chi connectivity index (χ3n) is 4.27. The van der Waals surface area contributed by atoms with Crippen LogP contribution >= 0.6 is 0 Å². The van der Waals surface area contributed by atoms with Crippen LogP contribution in [-0.4, -0.2) is 56.7 Å². The second kappa shape index (κ2) is 7.93. The van der Waals surface area contributed by atoms with Crippen LogP contribution in [0.15, 0.2) is 24.3 Å². The number of amides is 1. The molecule has 2 rings (SSSR count). The van der Waals surface area contributed by atoms with Crippen LogP contribution in [0.25, 0.3) is 0 Å². The van der Waals surface area contributed by atoms with Gasteiger partial charge in [0.05, 0.1) is 5.56 Å². The highest BCUT2D eigenvalue weighted by molar-refractivity contribution is 7.86. The number of hydrogen-bond donors (Lipinski definition) is 1. The van der Waals surface area contributed by atoms with E-state index in [2.05, 4.69) is 5.32 Å². The molecule has 0 bridgehead atoms. The molecule has 1 saturated heterocycles. The maximum absolute atomic E-state index is 12.7. The highest BCUT2D eigenvalue weighted by atomic mass is 32.2. The van der Waals surface area contributed by atoms with Gasteiger partial charge in [0, 0.05) is 39.3 Å². The number of halogens is 3. The van der Waals surface area contributed by atoms with E-state index in [1.54, 1.807) is 0 Å². The van der Waals surface area contributed by atoms with E-state index in [0.717, 1.165) is 22.9 Å². The summed E-state index contributed by atoms with van der Waals surface area (Å²) < 4.78 is 65.0. The second-order valence-electron chi connectivity index (χ2n) is 6.45. The van der Waals surface area contributed by atoms with Crippen molar-refractivity contribution in [1.82, 2.24) is 13.9 Å². The molecule has 0 aliphatic carbocycles. The first-order chi connectivity index (χ1) is 12.0. The summed E-state index contributed by atoms with van der Waals surface area (Å²) in [4.78, 5) is 12.1. The lowest BCUT2D eigenvalue weighted by atomic mass is 9.99. The molecule has 10 heteroatoms. The van der Waals surface area contributed by atoms with Gasteiger partial charge in [-0.25, -0.2) is 0 Å². The lowest BCUT2D eigenvalue weighted by Gasteiger charge is -2.33. The number of carbonyl (C=O) groups excluding carboxylic acids is 1. The molecule has 0 spiro atoms. The SMILES string of the molecule is CN(C)S(=O)(=O)N1CCC[C@H](CNC(=O)c2cccc(C(F)(F)F)c2)C1. The van der Waals surface area contributed by atoms with Crippen molar-refractivity contribution in [3.8, 4) is 0 Å². The molecule has 0 saturated carbocycles. The molecule has 146 valence electrons. The van der Waals surface area contributed by atoms with Crippen molar-refractivity contribution < 1.29 is 26.4 Å². The summed E-state index contributed by atoms with van der Waals surface area (Å²) in [5.41, 5.74) is -0.959. The summed E-state index contributed by atoms with van der Waals surface area (Å²) in [5.74, 6) is -0.697. The molecular formula is C16H22F3N3O3S. The maximum atomic E-state index is 12.7. The number of hydrogen-bond acceptors (Lipinski definition) is 3. The number of rotatable bonds is 5. The van der Waals surface area contributed by atoms with E-state index in [9.17, 15) is 26.4 Å². The summed E-state index contributed by atoms with van der Waals surface area (Å²) >= 11 is 0. The molecule has 1 atom stereocenters. The zero-order valence-electron chi connectivity index (χ0n) is 14.6. The zero-order valence-corrected chi connectivity index (χ0v) is 15.4. The number of alkyl halides is 3. The summed E-state index contributed by atoms with van der Waals surface area (Å²) in [6, 6.07) is 4.21. The minimum absolute atomic E-state index is 0.0756. The van der Waals surface area contributed by atoms with E-state index in [4.69, 9.17) is 0 Å². The number of carbonyl (C=O) groups is 1. The van der Waals surface area contributed by atoms with Crippen molar-refractivity contribution in [1.29, 1.82) is 0 Å². The van der Waals surface area contributed by atoms with Crippen LogP contribution in [0.3, 0.4) is 0 Å². The second-order valence-corrected chi connectivity index (χ2v) is 8.59. The van der Waals surface area contributed by atoms with Crippen molar-refractivity contribution in [2.45, 2.75) is 19.0 Å². The average molecular weight is 393 g/mol. The number of nitrogens with zero attached hydrogens (tertiary/aromatic N) is 2. The largest absolute Gasteiger partial charge is 0.416 e. The summed E-state index contributed by atoms with van der Waals surface area (Å²) in [5, 5.41) is 2.61. The summed E-state index contributed by atoms with van der Waals surface area (Å²) in [6.07, 6.45) is -3.11. The first kappa shape index (κ1) is 20.7. The quantitative estimate of drug-likeness (QED) is 0.831. The fraction of sp³-hybridized carbons (Fsp3) is 0.562. The van der Waals surface area contributed by atoms with Crippen LogP contribution in [-0.2, 0) is 16.4 Å². The van der Waals surface area contributed by atoms with Crippen LogP contribution in [0, 0.1) is 5.92 Å². The molecule has 1 aromatic carbocycles. The predicted molar refractivity (Wildman–Crippen MR) is 90.7 cm³/mol. The molecule has 1 amide bonds. The molecule has 1 N–H and O–H groups in total. The molecule has 0 radical (unpaired) electrons. The topological polar surface area (TPSA) is 69.7 Å². The Bertz CT molecular complexity index is 751. The van der Waals surface area contributed by atoms with Gasteiger partial charge in [0.2, 0.25) is 0 Å². The molecule has 1 aliphatic heterocycles. The first-order valence-corrected chi connectivity index (χ1v) is 9.54. The van der Waals surface area contributed by atoms with Gasteiger partial charge in [-0.05, 0) is 37.0 Å². The monoisotopic (exact) mass is 393 g/mol. The predicted octanol–water partition coefficient (Wildman–Crippen LogP) is 1.95. The molecule has 1 heterocycles. The van der Waals surface area contributed by atoms with Crippen molar-refractivity contribution in [2.75, 3.05) is 33.7 Å². The van der Waals surface area contributed by atoms with Crippen molar-refractivity contribution in [3.05, 3.63) is 35.4 Å². The fourth-order valence-electron chi connectivity index (χ4n) is 2.81. The van der Waals surface area contributed by atoms with E-state index in [0.29, 0.717) is 13.0 Å².